The summed E-state index contributed by atoms with van der Waals surface area (Å²) < 4.78 is 25.5. The molecule has 1 aliphatic heterocycles. The first-order valence-electron chi connectivity index (χ1n) is 8.59. The van der Waals surface area contributed by atoms with Crippen LogP contribution in [0.2, 0.25) is 0 Å². The van der Waals surface area contributed by atoms with Crippen LogP contribution < -0.4 is 20.1 Å². The molecule has 0 aromatic heterocycles. The molecule has 2 aromatic carbocycles. The smallest absolute Gasteiger partial charge is 0.328 e. The zero-order chi connectivity index (χ0) is 21.0. The second kappa shape index (κ2) is 9.03. The maximum Gasteiger partial charge on any atom is 0.328 e. The molecule has 0 saturated carbocycles. The van der Waals surface area contributed by atoms with Gasteiger partial charge >= 0.3 is 6.03 Å². The molecule has 1 saturated heterocycles. The standard InChI is InChI=1S/C20H16FIN2O5/c1-2-28-16-9-12(7-14-18(25)23-20(27)24-19(14)26)8-15(22)17(16)29-10-11-4-3-5-13(21)6-11/h3-9H,2,10H2,1H3,(H2,23,24,25,26,27). The summed E-state index contributed by atoms with van der Waals surface area (Å²) in [5.41, 5.74) is 0.983. The number of hydrogen-bond acceptors (Lipinski definition) is 5. The van der Waals surface area contributed by atoms with Gasteiger partial charge in [0.2, 0.25) is 0 Å². The monoisotopic (exact) mass is 510 g/mol. The molecule has 4 amide bonds. The maximum atomic E-state index is 13.4. The topological polar surface area (TPSA) is 93.7 Å². The predicted octanol–water partition coefficient (Wildman–Crippen LogP) is 3.16. The highest BCUT2D eigenvalue weighted by atomic mass is 127. The number of hydrogen-bond donors (Lipinski definition) is 2. The number of halogens is 2. The molecule has 1 aliphatic rings. The van der Waals surface area contributed by atoms with Crippen LogP contribution in [0.25, 0.3) is 6.08 Å². The molecule has 0 atom stereocenters. The third kappa shape index (κ3) is 5.11. The van der Waals surface area contributed by atoms with E-state index in [1.165, 1.54) is 18.2 Å². The van der Waals surface area contributed by atoms with Gasteiger partial charge in [-0.2, -0.15) is 0 Å². The number of carbonyl (C=O) groups is 3. The van der Waals surface area contributed by atoms with E-state index >= 15 is 0 Å². The highest BCUT2D eigenvalue weighted by molar-refractivity contribution is 14.1. The fraction of sp³-hybridized carbons (Fsp3) is 0.150. The minimum atomic E-state index is -0.858. The number of benzene rings is 2. The molecule has 2 N–H and O–H groups in total. The number of imide groups is 2. The molecule has 0 bridgehead atoms. The molecule has 2 aromatic rings. The minimum Gasteiger partial charge on any atom is -0.490 e. The highest BCUT2D eigenvalue weighted by Gasteiger charge is 2.28. The Bertz CT molecular complexity index is 1000. The Morgan fingerprint density at radius 2 is 1.79 bits per heavy atom. The van der Waals surface area contributed by atoms with Crippen molar-refractivity contribution in [1.82, 2.24) is 10.6 Å². The Labute approximate surface area is 179 Å². The van der Waals surface area contributed by atoms with Gasteiger partial charge in [0.25, 0.3) is 11.8 Å². The number of rotatable bonds is 6. The van der Waals surface area contributed by atoms with Gasteiger partial charge in [-0.15, -0.1) is 0 Å². The number of amides is 4. The maximum absolute atomic E-state index is 13.4. The van der Waals surface area contributed by atoms with Crippen molar-refractivity contribution in [3.63, 3.8) is 0 Å². The quantitative estimate of drug-likeness (QED) is 0.354. The van der Waals surface area contributed by atoms with E-state index in [0.717, 1.165) is 0 Å². The van der Waals surface area contributed by atoms with Crippen LogP contribution in [-0.4, -0.2) is 24.5 Å². The van der Waals surface area contributed by atoms with Gasteiger partial charge < -0.3 is 9.47 Å². The van der Waals surface area contributed by atoms with E-state index in [-0.39, 0.29) is 18.0 Å². The van der Waals surface area contributed by atoms with Crippen molar-refractivity contribution in [1.29, 1.82) is 0 Å². The van der Waals surface area contributed by atoms with Crippen LogP contribution in [0.3, 0.4) is 0 Å². The lowest BCUT2D eigenvalue weighted by molar-refractivity contribution is -0.123. The number of ether oxygens (including phenoxy) is 2. The Hall–Kier alpha value is -2.95. The van der Waals surface area contributed by atoms with Gasteiger partial charge in [-0.25, -0.2) is 9.18 Å². The van der Waals surface area contributed by atoms with E-state index in [4.69, 9.17) is 9.47 Å². The van der Waals surface area contributed by atoms with Crippen LogP contribution in [0.15, 0.2) is 42.0 Å². The van der Waals surface area contributed by atoms with Crippen LogP contribution in [0.1, 0.15) is 18.1 Å². The number of carbonyl (C=O) groups excluding carboxylic acids is 3. The van der Waals surface area contributed by atoms with Crippen molar-refractivity contribution in [3.8, 4) is 11.5 Å². The van der Waals surface area contributed by atoms with Gasteiger partial charge in [-0.05, 0) is 71.0 Å². The van der Waals surface area contributed by atoms with Crippen molar-refractivity contribution in [2.75, 3.05) is 6.61 Å². The third-order valence-corrected chi connectivity index (χ3v) is 4.66. The number of nitrogens with one attached hydrogen (secondary N) is 2. The van der Waals surface area contributed by atoms with E-state index in [9.17, 15) is 18.8 Å². The number of urea groups is 1. The first-order chi connectivity index (χ1) is 13.9. The summed E-state index contributed by atoms with van der Waals surface area (Å²) in [6.07, 6.45) is 1.36. The van der Waals surface area contributed by atoms with Gasteiger partial charge in [0, 0.05) is 0 Å². The van der Waals surface area contributed by atoms with Gasteiger partial charge in [0.1, 0.15) is 18.0 Å². The summed E-state index contributed by atoms with van der Waals surface area (Å²) in [6.45, 7) is 2.31. The largest absolute Gasteiger partial charge is 0.490 e. The van der Waals surface area contributed by atoms with Gasteiger partial charge in [0.05, 0.1) is 10.2 Å². The van der Waals surface area contributed by atoms with Gasteiger partial charge in [-0.3, -0.25) is 20.2 Å². The molecular formula is C20H16FIN2O5. The van der Waals surface area contributed by atoms with Crippen LogP contribution in [0, 0.1) is 9.39 Å². The van der Waals surface area contributed by atoms with Crippen molar-refractivity contribution < 1.29 is 28.2 Å². The zero-order valence-corrected chi connectivity index (χ0v) is 17.4. The van der Waals surface area contributed by atoms with E-state index in [2.05, 4.69) is 0 Å². The molecule has 9 heteroatoms. The molecular weight excluding hydrogens is 494 g/mol. The van der Waals surface area contributed by atoms with E-state index in [0.29, 0.717) is 32.8 Å². The van der Waals surface area contributed by atoms with Gasteiger partial charge in [0.15, 0.2) is 11.5 Å². The molecule has 1 fully saturated rings. The second-order valence-corrected chi connectivity index (χ2v) is 7.14. The van der Waals surface area contributed by atoms with Crippen molar-refractivity contribution in [3.05, 3.63) is 62.5 Å². The van der Waals surface area contributed by atoms with Crippen molar-refractivity contribution in [2.45, 2.75) is 13.5 Å². The lowest BCUT2D eigenvalue weighted by Gasteiger charge is -2.16. The molecule has 150 valence electrons. The first-order valence-corrected chi connectivity index (χ1v) is 9.67. The fourth-order valence-electron chi connectivity index (χ4n) is 2.63. The van der Waals surface area contributed by atoms with E-state index < -0.39 is 17.8 Å². The molecule has 3 rings (SSSR count). The third-order valence-electron chi connectivity index (χ3n) is 3.86. The summed E-state index contributed by atoms with van der Waals surface area (Å²) in [5, 5.41) is 4.04. The molecule has 0 radical (unpaired) electrons. The summed E-state index contributed by atoms with van der Waals surface area (Å²) in [5.74, 6) is -1.03. The van der Waals surface area contributed by atoms with Crippen LogP contribution >= 0.6 is 22.6 Å². The lowest BCUT2D eigenvalue weighted by Crippen LogP contribution is -2.51. The van der Waals surface area contributed by atoms with Crippen molar-refractivity contribution in [2.24, 2.45) is 0 Å². The normalized spacial score (nSPS) is 13.6. The van der Waals surface area contributed by atoms with Crippen LogP contribution in [0.4, 0.5) is 9.18 Å². The van der Waals surface area contributed by atoms with Crippen molar-refractivity contribution >= 4 is 46.5 Å². The summed E-state index contributed by atoms with van der Waals surface area (Å²) in [7, 11) is 0. The fourth-order valence-corrected chi connectivity index (χ4v) is 3.41. The van der Waals surface area contributed by atoms with E-state index in [1.807, 2.05) is 40.1 Å². The Balaban J connectivity index is 1.90. The molecule has 29 heavy (non-hydrogen) atoms. The molecule has 0 spiro atoms. The molecule has 1 heterocycles. The van der Waals surface area contributed by atoms with Crippen LogP contribution in [0.5, 0.6) is 11.5 Å². The molecule has 7 nitrogen and oxygen atoms in total. The average Bonchev–Trinajstić information content (AvgIpc) is 2.64. The summed E-state index contributed by atoms with van der Waals surface area (Å²) in [6, 6.07) is 8.55. The van der Waals surface area contributed by atoms with E-state index in [1.54, 1.807) is 24.3 Å². The summed E-state index contributed by atoms with van der Waals surface area (Å²) in [4.78, 5) is 35.0. The Morgan fingerprint density at radius 3 is 2.45 bits per heavy atom. The Morgan fingerprint density at radius 1 is 1.07 bits per heavy atom. The van der Waals surface area contributed by atoms with Crippen LogP contribution in [-0.2, 0) is 16.2 Å². The lowest BCUT2D eigenvalue weighted by atomic mass is 10.1. The number of barbiturate groups is 1. The predicted molar refractivity (Wildman–Crippen MR) is 111 cm³/mol. The van der Waals surface area contributed by atoms with Gasteiger partial charge in [-0.1, -0.05) is 12.1 Å². The zero-order valence-electron chi connectivity index (χ0n) is 15.3. The first kappa shape index (κ1) is 20.8. The average molecular weight is 510 g/mol. The summed E-state index contributed by atoms with van der Waals surface area (Å²) >= 11 is 2.05. The Kier molecular flexibility index (Phi) is 6.47. The molecule has 0 aliphatic carbocycles. The second-order valence-electron chi connectivity index (χ2n) is 5.98. The minimum absolute atomic E-state index is 0.140. The SMILES string of the molecule is CCOc1cc(C=C2C(=O)NC(=O)NC2=O)cc(I)c1OCc1cccc(F)c1. The molecule has 0 unspecified atom stereocenters. The highest BCUT2D eigenvalue weighted by Crippen LogP contribution is 2.35.